The lowest BCUT2D eigenvalue weighted by atomic mass is 9.88. The maximum Gasteiger partial charge on any atom is 0.330 e. The molecule has 18 heavy (non-hydrogen) atoms. The fourth-order valence-electron chi connectivity index (χ4n) is 1.26. The summed E-state index contributed by atoms with van der Waals surface area (Å²) >= 11 is 0. The van der Waals surface area contributed by atoms with Crippen LogP contribution in [0.3, 0.4) is 0 Å². The maximum absolute atomic E-state index is 10.7. The van der Waals surface area contributed by atoms with Gasteiger partial charge in [0.1, 0.15) is 12.7 Å². The highest BCUT2D eigenvalue weighted by molar-refractivity contribution is 5.81. The highest BCUT2D eigenvalue weighted by Gasteiger charge is 2.36. The number of ether oxygens (including phenoxy) is 2. The molecule has 0 aromatic rings. The third-order valence-electron chi connectivity index (χ3n) is 2.04. The average Bonchev–Trinajstić information content (AvgIpc) is 2.19. The van der Waals surface area contributed by atoms with Crippen LogP contribution in [0.4, 0.5) is 0 Å². The van der Waals surface area contributed by atoms with Crippen molar-refractivity contribution in [2.45, 2.75) is 39.3 Å². The van der Waals surface area contributed by atoms with Crippen LogP contribution in [-0.4, -0.2) is 46.6 Å². The molecular formula is C12H22O6. The van der Waals surface area contributed by atoms with Crippen LogP contribution in [0.5, 0.6) is 0 Å². The number of aliphatic hydroxyl groups is 3. The Balaban J connectivity index is 4.19. The molecule has 0 rings (SSSR count). The van der Waals surface area contributed by atoms with Crippen LogP contribution >= 0.6 is 0 Å². The van der Waals surface area contributed by atoms with Gasteiger partial charge in [0.15, 0.2) is 0 Å². The summed E-state index contributed by atoms with van der Waals surface area (Å²) < 4.78 is 9.77. The first kappa shape index (κ1) is 17.1. The van der Waals surface area contributed by atoms with Crippen molar-refractivity contribution >= 4 is 5.97 Å². The SMILES string of the molecule is C=CC(=O)OCCOC(CC(C)(C)C)C(O)(O)O. The number of hydrogen-bond acceptors (Lipinski definition) is 6. The van der Waals surface area contributed by atoms with E-state index in [-0.39, 0.29) is 25.0 Å². The zero-order chi connectivity index (χ0) is 14.4. The topological polar surface area (TPSA) is 96.2 Å². The molecule has 0 aromatic heterocycles. The van der Waals surface area contributed by atoms with E-state index in [4.69, 9.17) is 20.1 Å². The lowest BCUT2D eigenvalue weighted by molar-refractivity contribution is -0.365. The van der Waals surface area contributed by atoms with Gasteiger partial charge >= 0.3 is 11.9 Å². The molecule has 0 aliphatic heterocycles. The van der Waals surface area contributed by atoms with Gasteiger partial charge < -0.3 is 24.8 Å². The van der Waals surface area contributed by atoms with Crippen molar-refractivity contribution in [3.8, 4) is 0 Å². The maximum atomic E-state index is 10.7. The Hall–Kier alpha value is -0.950. The normalized spacial score (nSPS) is 14.1. The fraction of sp³-hybridized carbons (Fsp3) is 0.750. The van der Waals surface area contributed by atoms with Crippen LogP contribution in [0.25, 0.3) is 0 Å². The third-order valence-corrected chi connectivity index (χ3v) is 2.04. The monoisotopic (exact) mass is 262 g/mol. The molecule has 1 atom stereocenters. The van der Waals surface area contributed by atoms with Gasteiger partial charge in [0.05, 0.1) is 6.61 Å². The van der Waals surface area contributed by atoms with E-state index < -0.39 is 18.0 Å². The number of hydrogen-bond donors (Lipinski definition) is 3. The summed E-state index contributed by atoms with van der Waals surface area (Å²) in [5.41, 5.74) is -0.262. The Morgan fingerprint density at radius 3 is 2.22 bits per heavy atom. The van der Waals surface area contributed by atoms with Crippen molar-refractivity contribution < 1.29 is 29.6 Å². The van der Waals surface area contributed by atoms with Crippen LogP contribution in [-0.2, 0) is 14.3 Å². The van der Waals surface area contributed by atoms with Gasteiger partial charge in [-0.3, -0.25) is 0 Å². The van der Waals surface area contributed by atoms with Crippen LogP contribution in [0.2, 0.25) is 0 Å². The first-order valence-electron chi connectivity index (χ1n) is 5.64. The van der Waals surface area contributed by atoms with Crippen LogP contribution in [0.1, 0.15) is 27.2 Å². The summed E-state index contributed by atoms with van der Waals surface area (Å²) in [6.07, 6.45) is 0.0624. The first-order valence-corrected chi connectivity index (χ1v) is 5.64. The Bertz CT molecular complexity index is 273. The fourth-order valence-corrected chi connectivity index (χ4v) is 1.26. The third kappa shape index (κ3) is 8.19. The molecule has 0 spiro atoms. The van der Waals surface area contributed by atoms with E-state index in [1.807, 2.05) is 20.8 Å². The predicted molar refractivity (Wildman–Crippen MR) is 64.4 cm³/mol. The minimum absolute atomic E-state index is 0.0518. The zero-order valence-corrected chi connectivity index (χ0v) is 11.0. The molecule has 0 fully saturated rings. The lowest BCUT2D eigenvalue weighted by Gasteiger charge is -2.31. The van der Waals surface area contributed by atoms with Gasteiger partial charge in [-0.1, -0.05) is 27.4 Å². The highest BCUT2D eigenvalue weighted by Crippen LogP contribution is 2.26. The Morgan fingerprint density at radius 2 is 1.83 bits per heavy atom. The molecule has 0 saturated carbocycles. The Labute approximate surface area is 107 Å². The molecule has 0 aromatic carbocycles. The molecule has 6 nitrogen and oxygen atoms in total. The second-order valence-electron chi connectivity index (χ2n) is 5.18. The van der Waals surface area contributed by atoms with Crippen molar-refractivity contribution in [3.05, 3.63) is 12.7 Å². The standard InChI is InChI=1S/C12H22O6/c1-5-10(13)18-7-6-17-9(12(14,15)16)8-11(2,3)4/h5,9,14-16H,1,6-8H2,2-4H3. The Kier molecular flexibility index (Phi) is 6.48. The molecular weight excluding hydrogens is 240 g/mol. The van der Waals surface area contributed by atoms with E-state index in [9.17, 15) is 4.79 Å². The highest BCUT2D eigenvalue weighted by atomic mass is 16.7. The minimum atomic E-state index is -2.92. The molecule has 0 aliphatic rings. The van der Waals surface area contributed by atoms with E-state index >= 15 is 0 Å². The molecule has 0 heterocycles. The van der Waals surface area contributed by atoms with Crippen LogP contribution < -0.4 is 0 Å². The summed E-state index contributed by atoms with van der Waals surface area (Å²) in [6, 6.07) is 0. The minimum Gasteiger partial charge on any atom is -0.460 e. The lowest BCUT2D eigenvalue weighted by Crippen LogP contribution is -2.46. The van der Waals surface area contributed by atoms with Crippen LogP contribution in [0.15, 0.2) is 12.7 Å². The first-order chi connectivity index (χ1) is 8.06. The summed E-state index contributed by atoms with van der Waals surface area (Å²) in [7, 11) is 0. The van der Waals surface area contributed by atoms with Gasteiger partial charge in [0.2, 0.25) is 0 Å². The van der Waals surface area contributed by atoms with Crippen LogP contribution in [0, 0.1) is 5.41 Å². The molecule has 1 unspecified atom stereocenters. The van der Waals surface area contributed by atoms with E-state index in [0.29, 0.717) is 0 Å². The van der Waals surface area contributed by atoms with Crippen molar-refractivity contribution in [3.63, 3.8) is 0 Å². The molecule has 3 N–H and O–H groups in total. The van der Waals surface area contributed by atoms with E-state index in [0.717, 1.165) is 6.08 Å². The van der Waals surface area contributed by atoms with Crippen molar-refractivity contribution in [2.24, 2.45) is 5.41 Å². The molecule has 0 radical (unpaired) electrons. The van der Waals surface area contributed by atoms with Crippen molar-refractivity contribution in [1.82, 2.24) is 0 Å². The van der Waals surface area contributed by atoms with E-state index in [2.05, 4.69) is 11.3 Å². The molecule has 6 heteroatoms. The molecule has 0 saturated heterocycles. The van der Waals surface area contributed by atoms with Gasteiger partial charge in [0, 0.05) is 6.08 Å². The van der Waals surface area contributed by atoms with Gasteiger partial charge in [-0.05, 0) is 11.8 Å². The largest absolute Gasteiger partial charge is 0.460 e. The summed E-state index contributed by atoms with van der Waals surface area (Å²) in [5, 5.41) is 27.5. The quantitative estimate of drug-likeness (QED) is 0.262. The number of rotatable bonds is 7. The average molecular weight is 262 g/mol. The van der Waals surface area contributed by atoms with Crippen molar-refractivity contribution in [2.75, 3.05) is 13.2 Å². The molecule has 0 bridgehead atoms. The van der Waals surface area contributed by atoms with Gasteiger partial charge in [0.25, 0.3) is 0 Å². The zero-order valence-electron chi connectivity index (χ0n) is 11.0. The summed E-state index contributed by atoms with van der Waals surface area (Å²) in [6.45, 7) is 8.72. The summed E-state index contributed by atoms with van der Waals surface area (Å²) in [4.78, 5) is 10.7. The predicted octanol–water partition coefficient (Wildman–Crippen LogP) is 0.168. The van der Waals surface area contributed by atoms with E-state index in [1.54, 1.807) is 0 Å². The molecule has 0 aliphatic carbocycles. The Morgan fingerprint density at radius 1 is 1.28 bits per heavy atom. The van der Waals surface area contributed by atoms with Gasteiger partial charge in [-0.15, -0.1) is 0 Å². The number of carbonyl (C=O) groups excluding carboxylic acids is 1. The smallest absolute Gasteiger partial charge is 0.330 e. The number of carbonyl (C=O) groups is 1. The summed E-state index contributed by atoms with van der Waals surface area (Å²) in [5.74, 6) is -3.51. The van der Waals surface area contributed by atoms with E-state index in [1.165, 1.54) is 0 Å². The van der Waals surface area contributed by atoms with Gasteiger partial charge in [-0.25, -0.2) is 4.79 Å². The second kappa shape index (κ2) is 6.84. The van der Waals surface area contributed by atoms with Gasteiger partial charge in [-0.2, -0.15) is 0 Å². The molecule has 0 amide bonds. The number of esters is 1. The van der Waals surface area contributed by atoms with Crippen molar-refractivity contribution in [1.29, 1.82) is 0 Å². The molecule has 106 valence electrons. The second-order valence-corrected chi connectivity index (χ2v) is 5.18.